The van der Waals surface area contributed by atoms with Crippen molar-refractivity contribution in [3.05, 3.63) is 37.1 Å². The summed E-state index contributed by atoms with van der Waals surface area (Å²) in [5.41, 5.74) is -0.928. The third-order valence-corrected chi connectivity index (χ3v) is 4.72. The summed E-state index contributed by atoms with van der Waals surface area (Å²) >= 11 is 0. The second-order valence-electron chi connectivity index (χ2n) is 6.94. The van der Waals surface area contributed by atoms with Gasteiger partial charge in [-0.2, -0.15) is 5.10 Å². The second kappa shape index (κ2) is 8.27. The number of anilines is 1. The van der Waals surface area contributed by atoms with Gasteiger partial charge in [-0.3, -0.25) is 14.5 Å². The zero-order valence-electron chi connectivity index (χ0n) is 15.2. The number of carbonyl (C=O) groups is 1. The molecule has 1 fully saturated rings. The second-order valence-corrected chi connectivity index (χ2v) is 6.94. The number of aromatic nitrogens is 4. The zero-order valence-corrected chi connectivity index (χ0v) is 15.2. The van der Waals surface area contributed by atoms with Gasteiger partial charge in [0.1, 0.15) is 5.82 Å². The van der Waals surface area contributed by atoms with Crippen molar-refractivity contribution in [3.8, 4) is 0 Å². The number of nitrogens with zero attached hydrogens (tertiary/aromatic N) is 6. The highest BCUT2D eigenvalue weighted by Crippen LogP contribution is 2.25. The van der Waals surface area contributed by atoms with E-state index in [2.05, 4.69) is 15.1 Å². The van der Waals surface area contributed by atoms with Crippen molar-refractivity contribution in [2.24, 2.45) is 0 Å². The first-order chi connectivity index (χ1) is 12.6. The molecule has 0 aliphatic carbocycles. The SMILES string of the molecule is CN(C[C@]1(O)CCCN(c2cnccn2)C1)C(=O)CCCn1cccn1. The quantitative estimate of drug-likeness (QED) is 0.793. The van der Waals surface area contributed by atoms with Crippen LogP contribution in [0.5, 0.6) is 0 Å². The van der Waals surface area contributed by atoms with E-state index in [9.17, 15) is 9.90 Å². The summed E-state index contributed by atoms with van der Waals surface area (Å²) in [6.07, 6.45) is 11.3. The molecule has 1 atom stereocenters. The Morgan fingerprint density at radius 3 is 3.00 bits per heavy atom. The fourth-order valence-corrected chi connectivity index (χ4v) is 3.44. The Hall–Kier alpha value is -2.48. The summed E-state index contributed by atoms with van der Waals surface area (Å²) in [4.78, 5) is 24.5. The van der Waals surface area contributed by atoms with Crippen LogP contribution >= 0.6 is 0 Å². The molecule has 1 saturated heterocycles. The van der Waals surface area contributed by atoms with E-state index in [1.54, 1.807) is 36.7 Å². The summed E-state index contributed by atoms with van der Waals surface area (Å²) in [5, 5.41) is 15.1. The zero-order chi connectivity index (χ0) is 18.4. The molecule has 140 valence electrons. The smallest absolute Gasteiger partial charge is 0.222 e. The summed E-state index contributed by atoms with van der Waals surface area (Å²) in [6.45, 7) is 2.33. The molecule has 3 rings (SSSR count). The number of carbonyl (C=O) groups excluding carboxylic acids is 1. The molecule has 1 N–H and O–H groups in total. The molecule has 2 aromatic heterocycles. The monoisotopic (exact) mass is 358 g/mol. The maximum atomic E-state index is 12.4. The van der Waals surface area contributed by atoms with Crippen molar-refractivity contribution in [3.63, 3.8) is 0 Å². The lowest BCUT2D eigenvalue weighted by Crippen LogP contribution is -2.54. The first-order valence-electron chi connectivity index (χ1n) is 9.00. The van der Waals surface area contributed by atoms with Gasteiger partial charge in [0.2, 0.25) is 5.91 Å². The number of hydrogen-bond acceptors (Lipinski definition) is 6. The van der Waals surface area contributed by atoms with Gasteiger partial charge < -0.3 is 14.9 Å². The Morgan fingerprint density at radius 2 is 2.27 bits per heavy atom. The highest BCUT2D eigenvalue weighted by molar-refractivity contribution is 5.75. The number of rotatable bonds is 7. The van der Waals surface area contributed by atoms with Crippen molar-refractivity contribution >= 4 is 11.7 Å². The average Bonchev–Trinajstić information content (AvgIpc) is 3.15. The molecule has 1 aliphatic heterocycles. The third-order valence-electron chi connectivity index (χ3n) is 4.72. The topological polar surface area (TPSA) is 87.4 Å². The first kappa shape index (κ1) is 18.3. The van der Waals surface area contributed by atoms with Crippen molar-refractivity contribution in [1.29, 1.82) is 0 Å². The van der Waals surface area contributed by atoms with Gasteiger partial charge in [0.05, 0.1) is 18.3 Å². The fraction of sp³-hybridized carbons (Fsp3) is 0.556. The summed E-state index contributed by atoms with van der Waals surface area (Å²) in [7, 11) is 1.76. The number of amides is 1. The van der Waals surface area contributed by atoms with Crippen molar-refractivity contribution < 1.29 is 9.90 Å². The van der Waals surface area contributed by atoms with Crippen molar-refractivity contribution in [2.45, 2.75) is 37.8 Å². The van der Waals surface area contributed by atoms with Gasteiger partial charge in [0.15, 0.2) is 0 Å². The first-order valence-corrected chi connectivity index (χ1v) is 9.00. The molecular formula is C18H26N6O2. The fourth-order valence-electron chi connectivity index (χ4n) is 3.44. The lowest BCUT2D eigenvalue weighted by atomic mass is 9.92. The van der Waals surface area contributed by atoms with Crippen LogP contribution in [0.15, 0.2) is 37.1 Å². The van der Waals surface area contributed by atoms with Gasteiger partial charge in [-0.15, -0.1) is 0 Å². The highest BCUT2D eigenvalue weighted by atomic mass is 16.3. The molecule has 0 bridgehead atoms. The number of piperidine rings is 1. The number of hydrogen-bond donors (Lipinski definition) is 1. The molecule has 0 spiro atoms. The lowest BCUT2D eigenvalue weighted by Gasteiger charge is -2.41. The highest BCUT2D eigenvalue weighted by Gasteiger charge is 2.35. The van der Waals surface area contributed by atoms with Crippen LogP contribution in [0.4, 0.5) is 5.82 Å². The number of aliphatic hydroxyl groups is 1. The third kappa shape index (κ3) is 4.78. The Balaban J connectivity index is 1.50. The van der Waals surface area contributed by atoms with Crippen LogP contribution in [0.1, 0.15) is 25.7 Å². The van der Waals surface area contributed by atoms with Crippen LogP contribution < -0.4 is 4.90 Å². The molecule has 2 aromatic rings. The maximum absolute atomic E-state index is 12.4. The lowest BCUT2D eigenvalue weighted by molar-refractivity contribution is -0.133. The van der Waals surface area contributed by atoms with Crippen LogP contribution in [-0.2, 0) is 11.3 Å². The minimum absolute atomic E-state index is 0.0437. The van der Waals surface area contributed by atoms with E-state index in [1.165, 1.54) is 0 Å². The molecule has 3 heterocycles. The standard InChI is InChI=1S/C18H26N6O2/c1-22(17(25)5-2-11-24-12-4-7-21-24)14-18(26)6-3-10-23(15-18)16-13-19-8-9-20-16/h4,7-9,12-13,26H,2-3,5-6,10-11,14-15H2,1H3/t18-/m1/s1. The molecule has 26 heavy (non-hydrogen) atoms. The van der Waals surface area contributed by atoms with Crippen LogP contribution in [0.2, 0.25) is 0 Å². The van der Waals surface area contributed by atoms with Crippen molar-refractivity contribution in [2.75, 3.05) is 31.6 Å². The minimum Gasteiger partial charge on any atom is -0.386 e. The predicted octanol–water partition coefficient (Wildman–Crippen LogP) is 0.943. The normalized spacial score (nSPS) is 20.2. The number of likely N-dealkylation sites (N-methyl/N-ethyl adjacent to an activating group) is 1. The molecule has 0 unspecified atom stereocenters. The summed E-state index contributed by atoms with van der Waals surface area (Å²) in [6, 6.07) is 1.87. The van der Waals surface area contributed by atoms with Crippen LogP contribution in [0, 0.1) is 0 Å². The molecule has 0 radical (unpaired) electrons. The molecule has 8 heteroatoms. The minimum atomic E-state index is -0.928. The van der Waals surface area contributed by atoms with Gasteiger partial charge in [0.25, 0.3) is 0 Å². The van der Waals surface area contributed by atoms with E-state index >= 15 is 0 Å². The van der Waals surface area contributed by atoms with E-state index in [1.807, 2.05) is 21.8 Å². The Bertz CT molecular complexity index is 693. The van der Waals surface area contributed by atoms with Gasteiger partial charge in [-0.25, -0.2) is 4.98 Å². The van der Waals surface area contributed by atoms with E-state index in [0.717, 1.165) is 31.7 Å². The Labute approximate surface area is 153 Å². The number of aryl methyl sites for hydroxylation is 1. The number of β-amino-alcohol motifs (C(OH)–C–C–N with tert-alkyl or cyclic N) is 1. The van der Waals surface area contributed by atoms with Crippen LogP contribution in [0.3, 0.4) is 0 Å². The van der Waals surface area contributed by atoms with Gasteiger partial charge in [-0.1, -0.05) is 0 Å². The summed E-state index contributed by atoms with van der Waals surface area (Å²) in [5.74, 6) is 0.807. The predicted molar refractivity (Wildman–Crippen MR) is 97.5 cm³/mol. The van der Waals surface area contributed by atoms with Gasteiger partial charge >= 0.3 is 0 Å². The van der Waals surface area contributed by atoms with E-state index in [0.29, 0.717) is 25.9 Å². The van der Waals surface area contributed by atoms with E-state index in [4.69, 9.17) is 0 Å². The van der Waals surface area contributed by atoms with E-state index in [-0.39, 0.29) is 5.91 Å². The molecule has 1 aliphatic rings. The largest absolute Gasteiger partial charge is 0.386 e. The molecule has 0 aromatic carbocycles. The maximum Gasteiger partial charge on any atom is 0.222 e. The molecular weight excluding hydrogens is 332 g/mol. The Kier molecular flexibility index (Phi) is 5.82. The van der Waals surface area contributed by atoms with Gasteiger partial charge in [-0.05, 0) is 25.3 Å². The Morgan fingerprint density at radius 1 is 1.38 bits per heavy atom. The van der Waals surface area contributed by atoms with Crippen molar-refractivity contribution in [1.82, 2.24) is 24.6 Å². The van der Waals surface area contributed by atoms with Crippen LogP contribution in [-0.4, -0.2) is 67.9 Å². The molecule has 0 saturated carbocycles. The van der Waals surface area contributed by atoms with Gasteiger partial charge in [0, 0.05) is 57.9 Å². The van der Waals surface area contributed by atoms with Crippen LogP contribution in [0.25, 0.3) is 0 Å². The van der Waals surface area contributed by atoms with E-state index < -0.39 is 5.60 Å². The summed E-state index contributed by atoms with van der Waals surface area (Å²) < 4.78 is 1.82. The molecule has 8 nitrogen and oxygen atoms in total. The average molecular weight is 358 g/mol. The molecule has 1 amide bonds.